The van der Waals surface area contributed by atoms with Crippen molar-refractivity contribution < 1.29 is 19.5 Å². The monoisotopic (exact) mass is 315 g/mol. The van der Waals surface area contributed by atoms with E-state index in [1.807, 2.05) is 27.7 Å². The molecule has 0 rings (SSSR count). The zero-order valence-electron chi connectivity index (χ0n) is 14.1. The third kappa shape index (κ3) is 7.97. The number of carbonyl (C=O) groups is 3. The van der Waals surface area contributed by atoms with Gasteiger partial charge in [-0.2, -0.15) is 0 Å². The van der Waals surface area contributed by atoms with E-state index in [1.54, 1.807) is 0 Å². The summed E-state index contributed by atoms with van der Waals surface area (Å²) in [4.78, 5) is 35.0. The van der Waals surface area contributed by atoms with Crippen molar-refractivity contribution in [1.82, 2.24) is 10.6 Å². The van der Waals surface area contributed by atoms with Crippen LogP contribution in [0.15, 0.2) is 0 Å². The number of hydrogen-bond acceptors (Lipinski definition) is 4. The van der Waals surface area contributed by atoms with Crippen LogP contribution >= 0.6 is 0 Å². The molecule has 0 aromatic heterocycles. The highest BCUT2D eigenvalue weighted by Crippen LogP contribution is 2.06. The van der Waals surface area contributed by atoms with E-state index >= 15 is 0 Å². The number of hydrogen-bond donors (Lipinski definition) is 4. The average molecular weight is 315 g/mol. The molecular formula is C15H29N3O4. The Morgan fingerprint density at radius 2 is 1.41 bits per heavy atom. The number of aliphatic carboxylic acids is 1. The van der Waals surface area contributed by atoms with Gasteiger partial charge < -0.3 is 21.5 Å². The molecule has 0 bridgehead atoms. The van der Waals surface area contributed by atoms with Gasteiger partial charge in [-0.15, -0.1) is 0 Å². The van der Waals surface area contributed by atoms with Crippen LogP contribution in [0.2, 0.25) is 0 Å². The molecule has 3 atom stereocenters. The molecule has 128 valence electrons. The third-order valence-electron chi connectivity index (χ3n) is 3.14. The molecule has 0 aliphatic carbocycles. The molecule has 0 fully saturated rings. The highest BCUT2D eigenvalue weighted by atomic mass is 16.4. The number of rotatable bonds is 9. The fourth-order valence-corrected chi connectivity index (χ4v) is 1.99. The molecule has 0 aliphatic rings. The van der Waals surface area contributed by atoms with Crippen LogP contribution in [0.5, 0.6) is 0 Å². The van der Waals surface area contributed by atoms with Crippen molar-refractivity contribution in [2.45, 2.75) is 65.6 Å². The van der Waals surface area contributed by atoms with Gasteiger partial charge in [-0.25, -0.2) is 4.79 Å². The van der Waals surface area contributed by atoms with Crippen molar-refractivity contribution in [2.75, 3.05) is 0 Å². The second-order valence-electron chi connectivity index (χ2n) is 6.50. The summed E-state index contributed by atoms with van der Waals surface area (Å²) in [5.74, 6) is -1.62. The van der Waals surface area contributed by atoms with Gasteiger partial charge in [-0.05, 0) is 31.6 Å². The summed E-state index contributed by atoms with van der Waals surface area (Å²) in [6.45, 7) is 9.15. The summed E-state index contributed by atoms with van der Waals surface area (Å²) < 4.78 is 0. The van der Waals surface area contributed by atoms with Crippen LogP contribution < -0.4 is 16.4 Å². The maximum absolute atomic E-state index is 12.0. The fraction of sp³-hybridized carbons (Fsp3) is 0.800. The zero-order chi connectivity index (χ0) is 17.4. The Labute approximate surface area is 132 Å². The molecule has 0 aromatic rings. The van der Waals surface area contributed by atoms with Gasteiger partial charge in [0.2, 0.25) is 11.8 Å². The Morgan fingerprint density at radius 3 is 1.82 bits per heavy atom. The van der Waals surface area contributed by atoms with Gasteiger partial charge in [-0.1, -0.05) is 27.7 Å². The van der Waals surface area contributed by atoms with Gasteiger partial charge in [0.25, 0.3) is 0 Å². The van der Waals surface area contributed by atoms with Crippen molar-refractivity contribution >= 4 is 17.8 Å². The molecular weight excluding hydrogens is 286 g/mol. The van der Waals surface area contributed by atoms with E-state index in [0.717, 1.165) is 0 Å². The maximum Gasteiger partial charge on any atom is 0.326 e. The van der Waals surface area contributed by atoms with Crippen LogP contribution in [-0.4, -0.2) is 41.0 Å². The molecule has 0 heterocycles. The Morgan fingerprint density at radius 1 is 0.909 bits per heavy atom. The first-order valence-electron chi connectivity index (χ1n) is 7.63. The summed E-state index contributed by atoms with van der Waals surface area (Å²) in [5.41, 5.74) is 5.74. The molecule has 22 heavy (non-hydrogen) atoms. The van der Waals surface area contributed by atoms with Crippen molar-refractivity contribution in [2.24, 2.45) is 17.6 Å². The van der Waals surface area contributed by atoms with Gasteiger partial charge in [0.05, 0.1) is 6.04 Å². The van der Waals surface area contributed by atoms with Crippen LogP contribution in [0, 0.1) is 11.8 Å². The molecule has 3 unspecified atom stereocenters. The molecule has 2 amide bonds. The highest BCUT2D eigenvalue weighted by molar-refractivity contribution is 5.91. The smallest absolute Gasteiger partial charge is 0.326 e. The minimum absolute atomic E-state index is 0.130. The first kappa shape index (κ1) is 20.4. The van der Waals surface area contributed by atoms with Crippen LogP contribution in [0.25, 0.3) is 0 Å². The van der Waals surface area contributed by atoms with E-state index in [4.69, 9.17) is 10.8 Å². The lowest BCUT2D eigenvalue weighted by atomic mass is 10.0. The summed E-state index contributed by atoms with van der Waals surface area (Å²) in [6.07, 6.45) is 0.847. The van der Waals surface area contributed by atoms with Gasteiger partial charge in [0, 0.05) is 0 Å². The molecule has 5 N–H and O–H groups in total. The lowest BCUT2D eigenvalue weighted by molar-refractivity contribution is -0.142. The van der Waals surface area contributed by atoms with Crippen molar-refractivity contribution in [1.29, 1.82) is 0 Å². The molecule has 0 aliphatic heterocycles. The fourth-order valence-electron chi connectivity index (χ4n) is 1.99. The van der Waals surface area contributed by atoms with Gasteiger partial charge in [0.15, 0.2) is 0 Å². The highest BCUT2D eigenvalue weighted by Gasteiger charge is 2.25. The zero-order valence-corrected chi connectivity index (χ0v) is 14.1. The number of nitrogens with two attached hydrogens (primary N) is 1. The maximum atomic E-state index is 12.0. The Balaban J connectivity index is 4.52. The van der Waals surface area contributed by atoms with E-state index < -0.39 is 35.9 Å². The largest absolute Gasteiger partial charge is 0.480 e. The molecule has 0 saturated heterocycles. The predicted octanol–water partition coefficient (Wildman–Crippen LogP) is 0.480. The summed E-state index contributed by atoms with van der Waals surface area (Å²) in [5, 5.41) is 14.1. The van der Waals surface area contributed by atoms with E-state index in [9.17, 15) is 14.4 Å². The first-order valence-corrected chi connectivity index (χ1v) is 7.63. The average Bonchev–Trinajstić information content (AvgIpc) is 2.35. The number of carboxylic acids is 1. The van der Waals surface area contributed by atoms with Crippen LogP contribution in [0.4, 0.5) is 0 Å². The molecule has 0 radical (unpaired) electrons. The van der Waals surface area contributed by atoms with Crippen LogP contribution in [0.1, 0.15) is 47.5 Å². The Hall–Kier alpha value is -1.63. The Kier molecular flexibility index (Phi) is 8.70. The van der Waals surface area contributed by atoms with Crippen molar-refractivity contribution in [3.63, 3.8) is 0 Å². The third-order valence-corrected chi connectivity index (χ3v) is 3.14. The van der Waals surface area contributed by atoms with Gasteiger partial charge in [-0.3, -0.25) is 9.59 Å². The lowest BCUT2D eigenvalue weighted by Crippen LogP contribution is -2.53. The second kappa shape index (κ2) is 9.40. The predicted molar refractivity (Wildman–Crippen MR) is 84.1 cm³/mol. The first-order chi connectivity index (χ1) is 10.0. The standard InChI is InChI=1S/C15H29N3O4/c1-8(2)6-11(16)14(20)17-10(5)13(19)18-12(15(21)22)7-9(3)4/h8-12H,6-7,16H2,1-5H3,(H,17,20)(H,18,19)(H,21,22). The molecule has 0 aromatic carbocycles. The molecule has 0 saturated carbocycles. The second-order valence-corrected chi connectivity index (χ2v) is 6.50. The minimum atomic E-state index is -1.09. The molecule has 0 spiro atoms. The quantitative estimate of drug-likeness (QED) is 0.493. The van der Waals surface area contributed by atoms with E-state index in [-0.39, 0.29) is 11.8 Å². The summed E-state index contributed by atoms with van der Waals surface area (Å²) in [6, 6.07) is -2.47. The minimum Gasteiger partial charge on any atom is -0.480 e. The van der Waals surface area contributed by atoms with Crippen LogP contribution in [-0.2, 0) is 14.4 Å². The number of carboxylic acid groups (broad SMARTS) is 1. The van der Waals surface area contributed by atoms with E-state index in [0.29, 0.717) is 12.8 Å². The van der Waals surface area contributed by atoms with Gasteiger partial charge >= 0.3 is 5.97 Å². The lowest BCUT2D eigenvalue weighted by Gasteiger charge is -2.21. The number of nitrogens with one attached hydrogen (secondary N) is 2. The van der Waals surface area contributed by atoms with Crippen molar-refractivity contribution in [3.05, 3.63) is 0 Å². The SMILES string of the molecule is CC(C)CC(N)C(=O)NC(C)C(=O)NC(CC(C)C)C(=O)O. The van der Waals surface area contributed by atoms with Crippen LogP contribution in [0.3, 0.4) is 0 Å². The number of amides is 2. The van der Waals surface area contributed by atoms with E-state index in [2.05, 4.69) is 10.6 Å². The normalized spacial score (nSPS) is 15.3. The summed E-state index contributed by atoms with van der Waals surface area (Å²) in [7, 11) is 0. The van der Waals surface area contributed by atoms with Gasteiger partial charge in [0.1, 0.15) is 12.1 Å². The number of carbonyl (C=O) groups excluding carboxylic acids is 2. The van der Waals surface area contributed by atoms with E-state index in [1.165, 1.54) is 6.92 Å². The summed E-state index contributed by atoms with van der Waals surface area (Å²) >= 11 is 0. The Bertz CT molecular complexity index is 396. The topological polar surface area (TPSA) is 122 Å². The van der Waals surface area contributed by atoms with Crippen molar-refractivity contribution in [3.8, 4) is 0 Å². The molecule has 7 nitrogen and oxygen atoms in total. The molecule has 7 heteroatoms.